The summed E-state index contributed by atoms with van der Waals surface area (Å²) < 4.78 is 13.5. The molecule has 1 aliphatic heterocycles. The molecule has 37 heavy (non-hydrogen) atoms. The minimum Gasteiger partial charge on any atom is -0.465 e. The first-order valence-corrected chi connectivity index (χ1v) is 12.5. The standard InChI is InChI=1S/C27H31FN4O5/c1-3-20-10-13-23(16-4-7-18(28)8-5-16)32(20)24(33)15-31(27(36)37)25(34)22-11-6-17-14-19(9-12-21(17)22)30-26(35)29-2/h4-5,7-9,12,14,20,22-23H,3,6,10-11,13,15H2,1-2H3,(H,36,37)(H2,29,30,35)/t20-,22+,23+/m1/s1. The molecule has 0 unspecified atom stereocenters. The topological polar surface area (TPSA) is 119 Å². The number of aryl methyl sites for hydroxylation is 1. The number of amides is 5. The van der Waals surface area contributed by atoms with Crippen molar-refractivity contribution < 1.29 is 28.7 Å². The number of rotatable bonds is 6. The van der Waals surface area contributed by atoms with Gasteiger partial charge in [-0.25, -0.2) is 18.9 Å². The zero-order chi connectivity index (χ0) is 26.7. The van der Waals surface area contributed by atoms with Gasteiger partial charge in [0.1, 0.15) is 12.4 Å². The first-order valence-electron chi connectivity index (χ1n) is 12.5. The maximum absolute atomic E-state index is 13.5. The third-order valence-electron chi connectivity index (χ3n) is 7.31. The molecule has 0 radical (unpaired) electrons. The second-order valence-electron chi connectivity index (χ2n) is 9.42. The van der Waals surface area contributed by atoms with Gasteiger partial charge in [0.15, 0.2) is 0 Å². The van der Waals surface area contributed by atoms with Crippen LogP contribution in [0, 0.1) is 5.82 Å². The van der Waals surface area contributed by atoms with Gasteiger partial charge in [0, 0.05) is 18.8 Å². The summed E-state index contributed by atoms with van der Waals surface area (Å²) in [6, 6.07) is 10.4. The molecule has 0 saturated carbocycles. The van der Waals surface area contributed by atoms with E-state index in [1.165, 1.54) is 19.2 Å². The third-order valence-corrected chi connectivity index (χ3v) is 7.31. The molecule has 2 aliphatic rings. The lowest BCUT2D eigenvalue weighted by molar-refractivity contribution is -0.141. The number of carboxylic acid groups (broad SMARTS) is 1. The molecule has 1 saturated heterocycles. The molecule has 10 heteroatoms. The number of carbonyl (C=O) groups excluding carboxylic acids is 3. The zero-order valence-electron chi connectivity index (χ0n) is 20.9. The number of fused-ring (bicyclic) bond motifs is 1. The number of likely N-dealkylation sites (tertiary alicyclic amines) is 1. The number of hydrogen-bond donors (Lipinski definition) is 3. The summed E-state index contributed by atoms with van der Waals surface area (Å²) in [4.78, 5) is 52.9. The van der Waals surface area contributed by atoms with E-state index in [-0.39, 0.29) is 23.9 Å². The Balaban J connectivity index is 1.52. The van der Waals surface area contributed by atoms with Crippen molar-refractivity contribution in [2.45, 2.75) is 57.0 Å². The summed E-state index contributed by atoms with van der Waals surface area (Å²) in [5, 5.41) is 15.0. The molecule has 196 valence electrons. The number of anilines is 1. The van der Waals surface area contributed by atoms with E-state index < -0.39 is 30.4 Å². The Morgan fingerprint density at radius 2 is 1.81 bits per heavy atom. The fraction of sp³-hybridized carbons (Fsp3) is 0.407. The van der Waals surface area contributed by atoms with Crippen LogP contribution < -0.4 is 10.6 Å². The molecule has 2 aromatic carbocycles. The Labute approximate surface area is 214 Å². The molecule has 5 amide bonds. The number of nitrogens with one attached hydrogen (secondary N) is 2. The first kappa shape index (κ1) is 26.1. The van der Waals surface area contributed by atoms with Crippen LogP contribution in [0.25, 0.3) is 0 Å². The van der Waals surface area contributed by atoms with E-state index in [9.17, 15) is 28.7 Å². The summed E-state index contributed by atoms with van der Waals surface area (Å²) >= 11 is 0. The van der Waals surface area contributed by atoms with E-state index in [2.05, 4.69) is 10.6 Å². The summed E-state index contributed by atoms with van der Waals surface area (Å²) in [6.45, 7) is 1.38. The Hall–Kier alpha value is -3.95. The summed E-state index contributed by atoms with van der Waals surface area (Å²) in [6.07, 6.45) is 1.59. The van der Waals surface area contributed by atoms with Crippen LogP contribution in [0.3, 0.4) is 0 Å². The van der Waals surface area contributed by atoms with Crippen molar-refractivity contribution in [2.24, 2.45) is 0 Å². The minimum atomic E-state index is -1.48. The van der Waals surface area contributed by atoms with Crippen LogP contribution in [0.1, 0.15) is 61.3 Å². The van der Waals surface area contributed by atoms with Crippen LogP contribution in [0.4, 0.5) is 19.7 Å². The smallest absolute Gasteiger partial charge is 0.414 e. The van der Waals surface area contributed by atoms with Gasteiger partial charge in [-0.1, -0.05) is 25.1 Å². The monoisotopic (exact) mass is 510 g/mol. The number of nitrogens with zero attached hydrogens (tertiary/aromatic N) is 2. The molecular weight excluding hydrogens is 479 g/mol. The van der Waals surface area contributed by atoms with Gasteiger partial charge in [0.2, 0.25) is 11.8 Å². The SMILES string of the molecule is CC[C@@H]1CC[C@@H](c2ccc(F)cc2)N1C(=O)CN(C(=O)O)C(=O)[C@H]1CCc2cc(NC(=O)NC)ccc21. The van der Waals surface area contributed by atoms with Gasteiger partial charge >= 0.3 is 12.1 Å². The molecule has 0 spiro atoms. The summed E-state index contributed by atoms with van der Waals surface area (Å²) in [5.41, 5.74) is 2.90. The number of imide groups is 1. The van der Waals surface area contributed by atoms with E-state index in [0.717, 1.165) is 17.5 Å². The van der Waals surface area contributed by atoms with Crippen molar-refractivity contribution in [1.29, 1.82) is 0 Å². The second kappa shape index (κ2) is 11.0. The average molecular weight is 511 g/mol. The van der Waals surface area contributed by atoms with Crippen molar-refractivity contribution in [3.8, 4) is 0 Å². The van der Waals surface area contributed by atoms with E-state index in [1.54, 1.807) is 35.2 Å². The van der Waals surface area contributed by atoms with Crippen LogP contribution in [0.15, 0.2) is 42.5 Å². The van der Waals surface area contributed by atoms with Gasteiger partial charge in [0.05, 0.1) is 12.0 Å². The lowest BCUT2D eigenvalue weighted by atomic mass is 9.99. The second-order valence-corrected chi connectivity index (χ2v) is 9.42. The third kappa shape index (κ3) is 5.42. The highest BCUT2D eigenvalue weighted by atomic mass is 19.1. The summed E-state index contributed by atoms with van der Waals surface area (Å²) in [5.74, 6) is -2.15. The van der Waals surface area contributed by atoms with E-state index >= 15 is 0 Å². The minimum absolute atomic E-state index is 0.0910. The lowest BCUT2D eigenvalue weighted by Gasteiger charge is -2.32. The van der Waals surface area contributed by atoms with E-state index in [1.807, 2.05) is 6.92 Å². The molecule has 1 heterocycles. The number of carbonyl (C=O) groups is 4. The van der Waals surface area contributed by atoms with Crippen LogP contribution in [0.5, 0.6) is 0 Å². The Bertz CT molecular complexity index is 1200. The van der Waals surface area contributed by atoms with Crippen molar-refractivity contribution in [3.05, 3.63) is 65.0 Å². The van der Waals surface area contributed by atoms with Crippen LogP contribution in [-0.4, -0.2) is 58.5 Å². The highest BCUT2D eigenvalue weighted by Gasteiger charge is 2.40. The fourth-order valence-corrected chi connectivity index (χ4v) is 5.46. The Morgan fingerprint density at radius 3 is 2.46 bits per heavy atom. The van der Waals surface area contributed by atoms with Crippen LogP contribution in [0.2, 0.25) is 0 Å². The van der Waals surface area contributed by atoms with E-state index in [4.69, 9.17) is 0 Å². The molecule has 1 fully saturated rings. The lowest BCUT2D eigenvalue weighted by Crippen LogP contribution is -2.48. The van der Waals surface area contributed by atoms with Gasteiger partial charge < -0.3 is 20.6 Å². The van der Waals surface area contributed by atoms with Crippen molar-refractivity contribution >= 4 is 29.6 Å². The van der Waals surface area contributed by atoms with Gasteiger partial charge in [-0.3, -0.25) is 9.59 Å². The van der Waals surface area contributed by atoms with Gasteiger partial charge in [-0.15, -0.1) is 0 Å². The molecule has 3 atom stereocenters. The maximum Gasteiger partial charge on any atom is 0.414 e. The van der Waals surface area contributed by atoms with Crippen LogP contribution in [-0.2, 0) is 16.0 Å². The fourth-order valence-electron chi connectivity index (χ4n) is 5.46. The highest BCUT2D eigenvalue weighted by molar-refractivity contribution is 5.99. The Kier molecular flexibility index (Phi) is 7.75. The van der Waals surface area contributed by atoms with Crippen LogP contribution >= 0.6 is 0 Å². The maximum atomic E-state index is 13.5. The number of hydrogen-bond acceptors (Lipinski definition) is 4. The molecular formula is C27H31FN4O5. The largest absolute Gasteiger partial charge is 0.465 e. The quantitative estimate of drug-likeness (QED) is 0.537. The average Bonchev–Trinajstić information content (AvgIpc) is 3.51. The highest BCUT2D eigenvalue weighted by Crippen LogP contribution is 2.39. The summed E-state index contributed by atoms with van der Waals surface area (Å²) in [7, 11) is 1.51. The van der Waals surface area contributed by atoms with Gasteiger partial charge in [0.25, 0.3) is 0 Å². The number of halogens is 1. The van der Waals surface area contributed by atoms with Crippen molar-refractivity contribution in [2.75, 3.05) is 18.9 Å². The Morgan fingerprint density at radius 1 is 1.08 bits per heavy atom. The van der Waals surface area contributed by atoms with Crippen molar-refractivity contribution in [1.82, 2.24) is 15.1 Å². The predicted octanol–water partition coefficient (Wildman–Crippen LogP) is 4.26. The molecule has 4 rings (SSSR count). The molecule has 2 aromatic rings. The van der Waals surface area contributed by atoms with Gasteiger partial charge in [-0.2, -0.15) is 0 Å². The van der Waals surface area contributed by atoms with Crippen molar-refractivity contribution in [3.63, 3.8) is 0 Å². The first-order chi connectivity index (χ1) is 17.7. The van der Waals surface area contributed by atoms with E-state index in [0.29, 0.717) is 41.8 Å². The molecule has 9 nitrogen and oxygen atoms in total. The normalized spacial score (nSPS) is 20.3. The molecule has 0 bridgehead atoms. The zero-order valence-corrected chi connectivity index (χ0v) is 20.9. The predicted molar refractivity (Wildman–Crippen MR) is 135 cm³/mol. The van der Waals surface area contributed by atoms with Gasteiger partial charge in [-0.05, 0) is 73.1 Å². The number of urea groups is 1. The molecule has 3 N–H and O–H groups in total. The molecule has 1 aliphatic carbocycles. The molecule has 0 aromatic heterocycles. The number of benzene rings is 2.